The van der Waals surface area contributed by atoms with Crippen LogP contribution in [0.25, 0.3) is 0 Å². The predicted molar refractivity (Wildman–Crippen MR) is 108 cm³/mol. The van der Waals surface area contributed by atoms with Crippen LogP contribution >= 0.6 is 0 Å². The number of benzene rings is 1. The first kappa shape index (κ1) is 19.9. The maximum atomic E-state index is 13.1. The molecule has 0 radical (unpaired) electrons. The van der Waals surface area contributed by atoms with E-state index in [1.807, 2.05) is 17.0 Å². The van der Waals surface area contributed by atoms with Crippen molar-refractivity contribution in [1.82, 2.24) is 10.2 Å². The first-order valence-corrected chi connectivity index (χ1v) is 10.6. The number of rotatable bonds is 6. The van der Waals surface area contributed by atoms with Crippen molar-refractivity contribution in [2.45, 2.75) is 69.7 Å². The third-order valence-corrected chi connectivity index (χ3v) is 6.03. The van der Waals surface area contributed by atoms with Gasteiger partial charge in [-0.05, 0) is 55.7 Å². The Morgan fingerprint density at radius 2 is 1.70 bits per heavy atom. The quantitative estimate of drug-likeness (QED) is 0.806. The Morgan fingerprint density at radius 3 is 2.41 bits per heavy atom. The van der Waals surface area contributed by atoms with Crippen LogP contribution in [0, 0.1) is 0 Å². The van der Waals surface area contributed by atoms with Crippen molar-refractivity contribution >= 4 is 11.8 Å². The molecular weight excluding hydrogens is 338 g/mol. The topological polar surface area (TPSA) is 75.4 Å². The van der Waals surface area contributed by atoms with Crippen LogP contribution in [0.4, 0.5) is 0 Å². The number of nitrogens with one attached hydrogen (secondary N) is 1. The molecule has 1 heterocycles. The molecule has 0 bridgehead atoms. The van der Waals surface area contributed by atoms with E-state index in [4.69, 9.17) is 5.73 Å². The largest absolute Gasteiger partial charge is 0.354 e. The first-order valence-electron chi connectivity index (χ1n) is 10.6. The smallest absolute Gasteiger partial charge is 0.254 e. The van der Waals surface area contributed by atoms with Gasteiger partial charge in [-0.15, -0.1) is 0 Å². The van der Waals surface area contributed by atoms with E-state index in [1.54, 1.807) is 0 Å². The van der Waals surface area contributed by atoms with Crippen LogP contribution in [-0.2, 0) is 4.79 Å². The number of nitrogens with zero attached hydrogens (tertiary/aromatic N) is 1. The number of amides is 2. The normalized spacial score (nSPS) is 21.1. The average Bonchev–Trinajstić information content (AvgIpc) is 2.73. The zero-order valence-corrected chi connectivity index (χ0v) is 16.3. The zero-order valence-electron chi connectivity index (χ0n) is 16.3. The fourth-order valence-corrected chi connectivity index (χ4v) is 4.43. The number of hydrogen-bond donors (Lipinski definition) is 2. The van der Waals surface area contributed by atoms with Gasteiger partial charge < -0.3 is 16.0 Å². The van der Waals surface area contributed by atoms with Crippen molar-refractivity contribution in [2.24, 2.45) is 5.73 Å². The van der Waals surface area contributed by atoms with Crippen LogP contribution < -0.4 is 11.1 Å². The van der Waals surface area contributed by atoms with Crippen molar-refractivity contribution in [3.05, 3.63) is 35.4 Å². The molecule has 0 aromatic heterocycles. The first-order chi connectivity index (χ1) is 13.2. The van der Waals surface area contributed by atoms with Crippen LogP contribution in [0.5, 0.6) is 0 Å². The van der Waals surface area contributed by atoms with Crippen molar-refractivity contribution < 1.29 is 9.59 Å². The predicted octanol–water partition coefficient (Wildman–Crippen LogP) is 3.19. The lowest BCUT2D eigenvalue weighted by Gasteiger charge is -2.36. The third-order valence-electron chi connectivity index (χ3n) is 6.03. The van der Waals surface area contributed by atoms with E-state index in [0.717, 1.165) is 31.4 Å². The van der Waals surface area contributed by atoms with E-state index in [0.29, 0.717) is 25.4 Å². The standard InChI is InChI=1S/C22H33N3O2/c23-14-13-21(26)24-16-20-8-4-5-15-25(20)22(27)19-11-9-18(10-12-19)17-6-2-1-3-7-17/h9-12,17,20H,1-8,13-16,23H2,(H,24,26). The SMILES string of the molecule is NCCC(=O)NCC1CCCCN1C(=O)c1ccc(C2CCCCC2)cc1. The fourth-order valence-electron chi connectivity index (χ4n) is 4.43. The van der Waals surface area contributed by atoms with Crippen molar-refractivity contribution in [3.8, 4) is 0 Å². The molecule has 27 heavy (non-hydrogen) atoms. The number of hydrogen-bond acceptors (Lipinski definition) is 3. The molecule has 0 spiro atoms. The summed E-state index contributed by atoms with van der Waals surface area (Å²) in [5, 5.41) is 2.93. The number of nitrogens with two attached hydrogens (primary N) is 1. The van der Waals surface area contributed by atoms with Gasteiger partial charge in [0.05, 0.1) is 0 Å². The van der Waals surface area contributed by atoms with Crippen LogP contribution in [0.3, 0.4) is 0 Å². The summed E-state index contributed by atoms with van der Waals surface area (Å²) in [6.07, 6.45) is 9.92. The number of carbonyl (C=O) groups excluding carboxylic acids is 2. The lowest BCUT2D eigenvalue weighted by Crippen LogP contribution is -2.49. The highest BCUT2D eigenvalue weighted by atomic mass is 16.2. The minimum Gasteiger partial charge on any atom is -0.354 e. The van der Waals surface area contributed by atoms with Gasteiger partial charge in [-0.3, -0.25) is 9.59 Å². The molecule has 1 saturated carbocycles. The monoisotopic (exact) mass is 371 g/mol. The van der Waals surface area contributed by atoms with E-state index in [2.05, 4.69) is 17.4 Å². The van der Waals surface area contributed by atoms with Gasteiger partial charge in [0.15, 0.2) is 0 Å². The highest BCUT2D eigenvalue weighted by Gasteiger charge is 2.28. The van der Waals surface area contributed by atoms with Crippen molar-refractivity contribution in [3.63, 3.8) is 0 Å². The Morgan fingerprint density at radius 1 is 1.00 bits per heavy atom. The van der Waals surface area contributed by atoms with Gasteiger partial charge in [0.25, 0.3) is 5.91 Å². The molecule has 3 N–H and O–H groups in total. The molecule has 1 atom stereocenters. The maximum absolute atomic E-state index is 13.1. The van der Waals surface area contributed by atoms with Crippen molar-refractivity contribution in [1.29, 1.82) is 0 Å². The molecule has 1 aliphatic carbocycles. The summed E-state index contributed by atoms with van der Waals surface area (Å²) in [7, 11) is 0. The van der Waals surface area contributed by atoms with Gasteiger partial charge in [-0.25, -0.2) is 0 Å². The summed E-state index contributed by atoms with van der Waals surface area (Å²) >= 11 is 0. The molecule has 1 aliphatic heterocycles. The van der Waals surface area contributed by atoms with Gasteiger partial charge >= 0.3 is 0 Å². The van der Waals surface area contributed by atoms with E-state index >= 15 is 0 Å². The number of carbonyl (C=O) groups is 2. The van der Waals surface area contributed by atoms with Crippen molar-refractivity contribution in [2.75, 3.05) is 19.6 Å². The van der Waals surface area contributed by atoms with Gasteiger partial charge in [-0.1, -0.05) is 31.4 Å². The third kappa shape index (κ3) is 5.32. The highest BCUT2D eigenvalue weighted by Crippen LogP contribution is 2.32. The molecule has 1 unspecified atom stereocenters. The lowest BCUT2D eigenvalue weighted by atomic mass is 9.84. The lowest BCUT2D eigenvalue weighted by molar-refractivity contribution is -0.121. The van der Waals surface area contributed by atoms with Crippen LogP contribution in [0.15, 0.2) is 24.3 Å². The minimum atomic E-state index is -0.0349. The van der Waals surface area contributed by atoms with E-state index < -0.39 is 0 Å². The Labute approximate surface area is 162 Å². The molecule has 148 valence electrons. The molecule has 1 saturated heterocycles. The van der Waals surface area contributed by atoms with Gasteiger partial charge in [-0.2, -0.15) is 0 Å². The van der Waals surface area contributed by atoms with Crippen LogP contribution in [0.1, 0.15) is 79.6 Å². The molecule has 5 nitrogen and oxygen atoms in total. The molecule has 2 fully saturated rings. The maximum Gasteiger partial charge on any atom is 0.254 e. The summed E-state index contributed by atoms with van der Waals surface area (Å²) in [4.78, 5) is 26.7. The molecule has 3 rings (SSSR count). The molecule has 1 aromatic rings. The summed E-state index contributed by atoms with van der Waals surface area (Å²) in [6.45, 7) is 1.64. The second kappa shape index (κ2) is 9.88. The second-order valence-electron chi connectivity index (χ2n) is 7.95. The molecule has 5 heteroatoms. The second-order valence-corrected chi connectivity index (χ2v) is 7.95. The van der Waals surface area contributed by atoms with Crippen LogP contribution in [0.2, 0.25) is 0 Å². The zero-order chi connectivity index (χ0) is 19.1. The van der Waals surface area contributed by atoms with Gasteiger partial charge in [0.2, 0.25) is 5.91 Å². The molecular formula is C22H33N3O2. The minimum absolute atomic E-state index is 0.0349. The Balaban J connectivity index is 1.62. The number of piperidine rings is 1. The molecule has 2 amide bonds. The van der Waals surface area contributed by atoms with Gasteiger partial charge in [0.1, 0.15) is 0 Å². The molecule has 1 aromatic carbocycles. The summed E-state index contributed by atoms with van der Waals surface area (Å²) in [5.74, 6) is 0.707. The Kier molecular flexibility index (Phi) is 7.27. The summed E-state index contributed by atoms with van der Waals surface area (Å²) in [6, 6.07) is 8.35. The fraction of sp³-hybridized carbons (Fsp3) is 0.636. The summed E-state index contributed by atoms with van der Waals surface area (Å²) in [5.41, 5.74) is 7.56. The van der Waals surface area contributed by atoms with E-state index in [1.165, 1.54) is 37.7 Å². The molecule has 2 aliphatic rings. The van der Waals surface area contributed by atoms with E-state index in [9.17, 15) is 9.59 Å². The highest BCUT2D eigenvalue weighted by molar-refractivity contribution is 5.94. The average molecular weight is 372 g/mol. The van der Waals surface area contributed by atoms with E-state index in [-0.39, 0.29) is 17.9 Å². The number of likely N-dealkylation sites (tertiary alicyclic amines) is 1. The Hall–Kier alpha value is -1.88. The Bertz CT molecular complexity index is 623. The van der Waals surface area contributed by atoms with Crippen LogP contribution in [-0.4, -0.2) is 42.4 Å². The summed E-state index contributed by atoms with van der Waals surface area (Å²) < 4.78 is 0. The van der Waals surface area contributed by atoms with Gasteiger partial charge in [0, 0.05) is 37.7 Å².